The number of aromatic nitrogens is 6. The summed E-state index contributed by atoms with van der Waals surface area (Å²) in [5.74, 6) is 1.14. The third kappa shape index (κ3) is 2.17. The van der Waals surface area contributed by atoms with Gasteiger partial charge in [-0.1, -0.05) is 6.07 Å². The van der Waals surface area contributed by atoms with Crippen LogP contribution in [0.15, 0.2) is 41.5 Å². The summed E-state index contributed by atoms with van der Waals surface area (Å²) in [6.07, 6.45) is 3.48. The van der Waals surface area contributed by atoms with Gasteiger partial charge in [0.15, 0.2) is 0 Å². The lowest BCUT2D eigenvalue weighted by atomic mass is 10.2. The maximum absolute atomic E-state index is 12.8. The van der Waals surface area contributed by atoms with Gasteiger partial charge in [-0.05, 0) is 32.0 Å². The quantitative estimate of drug-likeness (QED) is 0.561. The predicted octanol–water partition coefficient (Wildman–Crippen LogP) is 1.50. The molecule has 0 unspecified atom stereocenters. The van der Waals surface area contributed by atoms with Gasteiger partial charge in [-0.15, -0.1) is 5.10 Å². The second kappa shape index (κ2) is 4.98. The lowest BCUT2D eigenvalue weighted by Crippen LogP contribution is -2.22. The van der Waals surface area contributed by atoms with Crippen molar-refractivity contribution < 1.29 is 0 Å². The molecular formula is C16H14N6O. The van der Waals surface area contributed by atoms with Crippen molar-refractivity contribution in [1.82, 2.24) is 29.1 Å². The first-order valence-electron chi connectivity index (χ1n) is 7.26. The molecule has 4 heterocycles. The van der Waals surface area contributed by atoms with Crippen LogP contribution in [0.5, 0.6) is 0 Å². The van der Waals surface area contributed by atoms with E-state index in [4.69, 9.17) is 0 Å². The highest BCUT2D eigenvalue weighted by molar-refractivity contribution is 5.81. The van der Waals surface area contributed by atoms with E-state index in [0.717, 1.165) is 11.2 Å². The van der Waals surface area contributed by atoms with E-state index in [9.17, 15) is 4.79 Å². The van der Waals surface area contributed by atoms with Gasteiger partial charge in [-0.2, -0.15) is 9.50 Å². The Morgan fingerprint density at radius 1 is 1.13 bits per heavy atom. The van der Waals surface area contributed by atoms with Crippen LogP contribution in [0.2, 0.25) is 0 Å². The number of pyridine rings is 2. The fourth-order valence-electron chi connectivity index (χ4n) is 2.72. The third-order valence-corrected chi connectivity index (χ3v) is 3.76. The summed E-state index contributed by atoms with van der Waals surface area (Å²) >= 11 is 0. The van der Waals surface area contributed by atoms with Gasteiger partial charge in [0.1, 0.15) is 5.82 Å². The molecule has 114 valence electrons. The van der Waals surface area contributed by atoms with Gasteiger partial charge < -0.3 is 4.57 Å². The Hall–Kier alpha value is -3.09. The highest BCUT2D eigenvalue weighted by Gasteiger charge is 2.13. The van der Waals surface area contributed by atoms with Crippen LogP contribution in [0, 0.1) is 13.8 Å². The molecule has 0 bridgehead atoms. The number of nitrogens with zero attached hydrogens (tertiary/aromatic N) is 6. The van der Waals surface area contributed by atoms with Crippen molar-refractivity contribution in [3.8, 4) is 0 Å². The molecule has 0 radical (unpaired) electrons. The van der Waals surface area contributed by atoms with E-state index in [1.54, 1.807) is 28.4 Å². The molecule has 0 N–H and O–H groups in total. The van der Waals surface area contributed by atoms with Gasteiger partial charge in [0.05, 0.1) is 28.8 Å². The van der Waals surface area contributed by atoms with Crippen LogP contribution in [0.4, 0.5) is 0 Å². The Morgan fingerprint density at radius 3 is 2.78 bits per heavy atom. The molecule has 0 atom stereocenters. The zero-order valence-electron chi connectivity index (χ0n) is 12.8. The smallest absolute Gasteiger partial charge is 0.262 e. The van der Waals surface area contributed by atoms with E-state index >= 15 is 0 Å². The molecule has 0 fully saturated rings. The minimum Gasteiger partial charge on any atom is -0.309 e. The van der Waals surface area contributed by atoms with Crippen LogP contribution < -0.4 is 5.56 Å². The van der Waals surface area contributed by atoms with Gasteiger partial charge in [-0.25, -0.2) is 4.98 Å². The first kappa shape index (κ1) is 13.6. The summed E-state index contributed by atoms with van der Waals surface area (Å²) in [4.78, 5) is 25.8. The molecule has 0 aliphatic rings. The fraction of sp³-hybridized carbons (Fsp3) is 0.188. The lowest BCUT2D eigenvalue weighted by molar-refractivity contribution is 0.744. The van der Waals surface area contributed by atoms with Crippen molar-refractivity contribution in [2.24, 2.45) is 0 Å². The number of aryl methyl sites for hydroxylation is 2. The van der Waals surface area contributed by atoms with E-state index in [1.807, 2.05) is 31.2 Å². The van der Waals surface area contributed by atoms with E-state index in [-0.39, 0.29) is 5.56 Å². The molecule has 0 aliphatic heterocycles. The van der Waals surface area contributed by atoms with E-state index < -0.39 is 0 Å². The highest BCUT2D eigenvalue weighted by Crippen LogP contribution is 2.14. The average molecular weight is 306 g/mol. The van der Waals surface area contributed by atoms with Gasteiger partial charge >= 0.3 is 0 Å². The topological polar surface area (TPSA) is 78.0 Å². The summed E-state index contributed by atoms with van der Waals surface area (Å²) in [6, 6.07) is 7.52. The van der Waals surface area contributed by atoms with Crippen LogP contribution in [0.1, 0.15) is 17.2 Å². The van der Waals surface area contributed by atoms with Crippen molar-refractivity contribution in [3.63, 3.8) is 0 Å². The van der Waals surface area contributed by atoms with Crippen molar-refractivity contribution >= 4 is 16.7 Å². The minimum absolute atomic E-state index is 0.104. The summed E-state index contributed by atoms with van der Waals surface area (Å²) in [5.41, 5.74) is 2.10. The van der Waals surface area contributed by atoms with Crippen molar-refractivity contribution in [2.75, 3.05) is 0 Å². The molecule has 0 saturated carbocycles. The molecular weight excluding hydrogens is 292 g/mol. The summed E-state index contributed by atoms with van der Waals surface area (Å²) < 4.78 is 3.25. The Morgan fingerprint density at radius 2 is 2.00 bits per heavy atom. The molecule has 7 heteroatoms. The summed E-state index contributed by atoms with van der Waals surface area (Å²) in [7, 11) is 0. The zero-order valence-corrected chi connectivity index (χ0v) is 12.8. The largest absolute Gasteiger partial charge is 0.309 e. The summed E-state index contributed by atoms with van der Waals surface area (Å²) in [6.45, 7) is 4.04. The average Bonchev–Trinajstić information content (AvgIpc) is 2.91. The molecule has 0 saturated heterocycles. The SMILES string of the molecule is Cc1nc2nc(C)c3c(=O)n(Cc4ccccn4)ccc3n2n1. The Bertz CT molecular complexity index is 1080. The van der Waals surface area contributed by atoms with Crippen molar-refractivity contribution in [1.29, 1.82) is 0 Å². The van der Waals surface area contributed by atoms with Crippen LogP contribution in [-0.4, -0.2) is 29.1 Å². The molecule has 4 aromatic rings. The van der Waals surface area contributed by atoms with Crippen LogP contribution >= 0.6 is 0 Å². The normalized spacial score (nSPS) is 11.4. The minimum atomic E-state index is -0.104. The summed E-state index contributed by atoms with van der Waals surface area (Å²) in [5, 5.41) is 4.88. The number of hydrogen-bond acceptors (Lipinski definition) is 5. The van der Waals surface area contributed by atoms with Crippen LogP contribution in [-0.2, 0) is 6.54 Å². The van der Waals surface area contributed by atoms with E-state index in [0.29, 0.717) is 29.2 Å². The van der Waals surface area contributed by atoms with Crippen molar-refractivity contribution in [3.05, 3.63) is 64.2 Å². The Labute approximate surface area is 131 Å². The highest BCUT2D eigenvalue weighted by atomic mass is 16.1. The molecule has 0 aromatic carbocycles. The molecule has 7 nitrogen and oxygen atoms in total. The predicted molar refractivity (Wildman–Crippen MR) is 85.4 cm³/mol. The molecule has 0 aliphatic carbocycles. The van der Waals surface area contributed by atoms with Crippen LogP contribution in [0.3, 0.4) is 0 Å². The van der Waals surface area contributed by atoms with Gasteiger partial charge in [-0.3, -0.25) is 9.78 Å². The zero-order chi connectivity index (χ0) is 16.0. The number of rotatable bonds is 2. The fourth-order valence-corrected chi connectivity index (χ4v) is 2.72. The molecule has 0 spiro atoms. The maximum Gasteiger partial charge on any atom is 0.262 e. The number of hydrogen-bond donors (Lipinski definition) is 0. The molecule has 4 aromatic heterocycles. The second-order valence-electron chi connectivity index (χ2n) is 5.40. The first-order chi connectivity index (χ1) is 11.1. The second-order valence-corrected chi connectivity index (χ2v) is 5.40. The van der Waals surface area contributed by atoms with Crippen LogP contribution in [0.25, 0.3) is 16.7 Å². The maximum atomic E-state index is 12.8. The lowest BCUT2D eigenvalue weighted by Gasteiger charge is -2.08. The van der Waals surface area contributed by atoms with E-state index in [2.05, 4.69) is 20.1 Å². The van der Waals surface area contributed by atoms with E-state index in [1.165, 1.54) is 0 Å². The third-order valence-electron chi connectivity index (χ3n) is 3.76. The number of fused-ring (bicyclic) bond motifs is 3. The monoisotopic (exact) mass is 306 g/mol. The first-order valence-corrected chi connectivity index (χ1v) is 7.26. The van der Waals surface area contributed by atoms with Gasteiger partial charge in [0.2, 0.25) is 0 Å². The molecule has 4 rings (SSSR count). The standard InChI is InChI=1S/C16H14N6O/c1-10-14-13(22-16(18-10)19-11(2)20-22)6-8-21(15(14)23)9-12-5-3-4-7-17-12/h3-8H,9H2,1-2H3. The molecule has 0 amide bonds. The van der Waals surface area contributed by atoms with Gasteiger partial charge in [0.25, 0.3) is 11.3 Å². The Kier molecular flexibility index (Phi) is 2.94. The molecule has 23 heavy (non-hydrogen) atoms. The van der Waals surface area contributed by atoms with Crippen molar-refractivity contribution in [2.45, 2.75) is 20.4 Å². The Balaban J connectivity index is 1.96. The van der Waals surface area contributed by atoms with Gasteiger partial charge in [0, 0.05) is 12.4 Å².